The molecule has 3 rings (SSSR count). The van der Waals surface area contributed by atoms with E-state index in [1.807, 2.05) is 29.2 Å². The second kappa shape index (κ2) is 8.52. The molecule has 4 nitrogen and oxygen atoms in total. The van der Waals surface area contributed by atoms with E-state index in [9.17, 15) is 9.18 Å². The highest BCUT2D eigenvalue weighted by molar-refractivity contribution is 5.94. The normalized spacial score (nSPS) is 19.1. The monoisotopic (exact) mass is 378 g/mol. The predicted molar refractivity (Wildman–Crippen MR) is 102 cm³/mol. The number of hydrogen-bond acceptors (Lipinski definition) is 3. The van der Waals surface area contributed by atoms with Gasteiger partial charge in [0.1, 0.15) is 18.2 Å². The number of likely N-dealkylation sites (tertiary alicyclic amines) is 1. The molecule has 1 saturated heterocycles. The van der Waals surface area contributed by atoms with E-state index in [0.29, 0.717) is 24.4 Å². The van der Waals surface area contributed by atoms with Gasteiger partial charge < -0.3 is 15.4 Å². The summed E-state index contributed by atoms with van der Waals surface area (Å²) in [5.41, 5.74) is 7.34. The van der Waals surface area contributed by atoms with Crippen LogP contribution in [0.5, 0.6) is 5.75 Å². The third kappa shape index (κ3) is 4.74. The van der Waals surface area contributed by atoms with Gasteiger partial charge in [-0.05, 0) is 48.2 Å². The molecule has 1 aliphatic heterocycles. The van der Waals surface area contributed by atoms with Crippen molar-refractivity contribution in [3.05, 3.63) is 65.5 Å². The zero-order valence-electron chi connectivity index (χ0n) is 14.8. The summed E-state index contributed by atoms with van der Waals surface area (Å²) in [6, 6.07) is 13.4. The number of hydrogen-bond donors (Lipinski definition) is 1. The lowest BCUT2D eigenvalue weighted by atomic mass is 9.90. The molecular weight excluding hydrogens is 355 g/mol. The fourth-order valence-corrected chi connectivity index (χ4v) is 3.06. The molecule has 2 aromatic rings. The van der Waals surface area contributed by atoms with E-state index >= 15 is 0 Å². The SMILES string of the molecule is CC1(CN)CCN(C(=O)c2cccc(COc3cccc(F)c3)c2)C1.Cl. The highest BCUT2D eigenvalue weighted by atomic mass is 35.5. The maximum Gasteiger partial charge on any atom is 0.253 e. The molecule has 1 atom stereocenters. The number of ether oxygens (including phenoxy) is 1. The summed E-state index contributed by atoms with van der Waals surface area (Å²) in [7, 11) is 0. The second-order valence-corrected chi connectivity index (χ2v) is 6.94. The van der Waals surface area contributed by atoms with Gasteiger partial charge in [-0.3, -0.25) is 4.79 Å². The number of amides is 1. The van der Waals surface area contributed by atoms with Crippen LogP contribution in [0, 0.1) is 11.2 Å². The zero-order valence-corrected chi connectivity index (χ0v) is 15.6. The number of nitrogens with zero attached hydrogens (tertiary/aromatic N) is 1. The van der Waals surface area contributed by atoms with Crippen molar-refractivity contribution in [3.63, 3.8) is 0 Å². The number of carbonyl (C=O) groups excluding carboxylic acids is 1. The summed E-state index contributed by atoms with van der Waals surface area (Å²) in [5, 5.41) is 0. The van der Waals surface area contributed by atoms with E-state index in [1.165, 1.54) is 12.1 Å². The molecule has 1 heterocycles. The van der Waals surface area contributed by atoms with Crippen LogP contribution in [0.3, 0.4) is 0 Å². The molecule has 2 aromatic carbocycles. The third-order valence-electron chi connectivity index (χ3n) is 4.71. The van der Waals surface area contributed by atoms with E-state index in [2.05, 4.69) is 6.92 Å². The van der Waals surface area contributed by atoms with Crippen molar-refractivity contribution in [3.8, 4) is 5.75 Å². The Kier molecular flexibility index (Phi) is 6.62. The summed E-state index contributed by atoms with van der Waals surface area (Å²) in [6.07, 6.45) is 0.928. The Hall–Kier alpha value is -2.11. The average Bonchev–Trinajstić information content (AvgIpc) is 3.03. The van der Waals surface area contributed by atoms with Gasteiger partial charge in [-0.25, -0.2) is 4.39 Å². The van der Waals surface area contributed by atoms with Gasteiger partial charge >= 0.3 is 0 Å². The first-order chi connectivity index (χ1) is 12.0. The number of benzene rings is 2. The number of halogens is 2. The van der Waals surface area contributed by atoms with Crippen molar-refractivity contribution < 1.29 is 13.9 Å². The van der Waals surface area contributed by atoms with Crippen molar-refractivity contribution in [2.24, 2.45) is 11.1 Å². The van der Waals surface area contributed by atoms with Gasteiger partial charge in [0.05, 0.1) is 0 Å². The minimum absolute atomic E-state index is 0. The van der Waals surface area contributed by atoms with Crippen molar-refractivity contribution in [1.82, 2.24) is 4.90 Å². The van der Waals surface area contributed by atoms with Gasteiger partial charge in [0.25, 0.3) is 5.91 Å². The number of rotatable bonds is 5. The molecular formula is C20H24ClFN2O2. The molecule has 0 spiro atoms. The molecule has 0 bridgehead atoms. The third-order valence-corrected chi connectivity index (χ3v) is 4.71. The molecule has 2 N–H and O–H groups in total. The quantitative estimate of drug-likeness (QED) is 0.864. The van der Waals surface area contributed by atoms with Crippen LogP contribution in [0.25, 0.3) is 0 Å². The molecule has 0 saturated carbocycles. The molecule has 6 heteroatoms. The van der Waals surface area contributed by atoms with Crippen LogP contribution in [-0.4, -0.2) is 30.4 Å². The van der Waals surface area contributed by atoms with Crippen LogP contribution in [0.15, 0.2) is 48.5 Å². The molecule has 140 valence electrons. The Balaban J connectivity index is 0.00000243. The van der Waals surface area contributed by atoms with Crippen molar-refractivity contribution >= 4 is 18.3 Å². The Bertz CT molecular complexity index is 771. The van der Waals surface area contributed by atoms with Gasteiger partial charge in [-0.2, -0.15) is 0 Å². The molecule has 1 unspecified atom stereocenters. The summed E-state index contributed by atoms with van der Waals surface area (Å²) in [6.45, 7) is 4.40. The lowest BCUT2D eigenvalue weighted by molar-refractivity contribution is 0.0776. The zero-order chi connectivity index (χ0) is 17.9. The Morgan fingerprint density at radius 2 is 2.04 bits per heavy atom. The Morgan fingerprint density at radius 3 is 2.73 bits per heavy atom. The molecule has 0 aromatic heterocycles. The van der Waals surface area contributed by atoms with Gasteiger partial charge in [-0.1, -0.05) is 25.1 Å². The number of nitrogens with two attached hydrogens (primary N) is 1. The van der Waals surface area contributed by atoms with Crippen LogP contribution in [0.2, 0.25) is 0 Å². The van der Waals surface area contributed by atoms with Crippen molar-refractivity contribution in [2.45, 2.75) is 20.0 Å². The number of carbonyl (C=O) groups is 1. The van der Waals surface area contributed by atoms with Crippen LogP contribution >= 0.6 is 12.4 Å². The van der Waals surface area contributed by atoms with Crippen LogP contribution in [-0.2, 0) is 6.61 Å². The highest BCUT2D eigenvalue weighted by Crippen LogP contribution is 2.29. The molecule has 1 fully saturated rings. The fraction of sp³-hybridized carbons (Fsp3) is 0.350. The molecule has 1 amide bonds. The standard InChI is InChI=1S/C20H23FN2O2.ClH/c1-20(13-22)8-9-23(14-20)19(24)16-5-2-4-15(10-16)12-25-18-7-3-6-17(21)11-18;/h2-7,10-11H,8-9,12-14,22H2,1H3;1H. The molecule has 1 aliphatic rings. The maximum absolute atomic E-state index is 13.2. The van der Waals surface area contributed by atoms with Crippen LogP contribution < -0.4 is 10.5 Å². The summed E-state index contributed by atoms with van der Waals surface area (Å²) in [5.74, 6) is 0.151. The average molecular weight is 379 g/mol. The second-order valence-electron chi connectivity index (χ2n) is 6.94. The minimum atomic E-state index is -0.335. The first kappa shape index (κ1) is 20.2. The van der Waals surface area contributed by atoms with Crippen LogP contribution in [0.1, 0.15) is 29.3 Å². The summed E-state index contributed by atoms with van der Waals surface area (Å²) < 4.78 is 18.8. The smallest absolute Gasteiger partial charge is 0.253 e. The van der Waals surface area contributed by atoms with E-state index in [-0.39, 0.29) is 36.2 Å². The summed E-state index contributed by atoms with van der Waals surface area (Å²) >= 11 is 0. The van der Waals surface area contributed by atoms with Gasteiger partial charge in [-0.15, -0.1) is 12.4 Å². The topological polar surface area (TPSA) is 55.6 Å². The lowest BCUT2D eigenvalue weighted by Gasteiger charge is -2.22. The minimum Gasteiger partial charge on any atom is -0.489 e. The Labute approximate surface area is 159 Å². The molecule has 0 radical (unpaired) electrons. The summed E-state index contributed by atoms with van der Waals surface area (Å²) in [4.78, 5) is 14.6. The Morgan fingerprint density at radius 1 is 1.27 bits per heavy atom. The van der Waals surface area contributed by atoms with Crippen molar-refractivity contribution in [1.29, 1.82) is 0 Å². The highest BCUT2D eigenvalue weighted by Gasteiger charge is 2.35. The lowest BCUT2D eigenvalue weighted by Crippen LogP contribution is -2.34. The molecule has 26 heavy (non-hydrogen) atoms. The van der Waals surface area contributed by atoms with Crippen molar-refractivity contribution in [2.75, 3.05) is 19.6 Å². The largest absolute Gasteiger partial charge is 0.489 e. The van der Waals surface area contributed by atoms with E-state index in [4.69, 9.17) is 10.5 Å². The van der Waals surface area contributed by atoms with E-state index < -0.39 is 0 Å². The van der Waals surface area contributed by atoms with E-state index in [0.717, 1.165) is 18.5 Å². The van der Waals surface area contributed by atoms with Gasteiger partial charge in [0.15, 0.2) is 0 Å². The predicted octanol–water partition coefficient (Wildman–Crippen LogP) is 3.64. The maximum atomic E-state index is 13.2. The van der Waals surface area contributed by atoms with E-state index in [1.54, 1.807) is 12.1 Å². The fourth-order valence-electron chi connectivity index (χ4n) is 3.06. The first-order valence-corrected chi connectivity index (χ1v) is 8.46. The van der Waals surface area contributed by atoms with Gasteiger partial charge in [0, 0.05) is 24.7 Å². The first-order valence-electron chi connectivity index (χ1n) is 8.46. The van der Waals surface area contributed by atoms with Gasteiger partial charge in [0.2, 0.25) is 0 Å². The molecule has 0 aliphatic carbocycles. The van der Waals surface area contributed by atoms with Crippen LogP contribution in [0.4, 0.5) is 4.39 Å².